The Morgan fingerprint density at radius 2 is 2.04 bits per heavy atom. The standard InChI is InChI=1S/C18H28N4OS/c1-15(24-17-7-3-4-8-19-17)18(23)22-12-10-21(11-13-22)16-6-5-9-20(2)14-16/h3-4,7-8,15-16H,5-6,9-14H2,1-2H3/t15-,16+/m1/s1. The van der Waals surface area contributed by atoms with Gasteiger partial charge in [0.15, 0.2) is 0 Å². The van der Waals surface area contributed by atoms with Crippen LogP contribution in [0.15, 0.2) is 29.4 Å². The van der Waals surface area contributed by atoms with E-state index in [1.54, 1.807) is 18.0 Å². The lowest BCUT2D eigenvalue weighted by molar-refractivity contribution is -0.132. The predicted octanol–water partition coefficient (Wildman–Crippen LogP) is 1.80. The second kappa shape index (κ2) is 8.32. The van der Waals surface area contributed by atoms with Crippen LogP contribution in [-0.4, -0.2) is 83.2 Å². The van der Waals surface area contributed by atoms with Gasteiger partial charge in [0.2, 0.25) is 5.91 Å². The number of piperazine rings is 1. The van der Waals surface area contributed by atoms with Crippen LogP contribution >= 0.6 is 11.8 Å². The van der Waals surface area contributed by atoms with Crippen LogP contribution in [-0.2, 0) is 4.79 Å². The van der Waals surface area contributed by atoms with Crippen LogP contribution in [0.1, 0.15) is 19.8 Å². The SMILES string of the molecule is C[C@@H](Sc1ccccn1)C(=O)N1CCN([C@H]2CCCN(C)C2)CC1. The Kier molecular flexibility index (Phi) is 6.14. The maximum Gasteiger partial charge on any atom is 0.235 e. The molecule has 0 aromatic carbocycles. The molecule has 3 rings (SSSR count). The number of hydrogen-bond donors (Lipinski definition) is 0. The average molecular weight is 349 g/mol. The van der Waals surface area contributed by atoms with E-state index >= 15 is 0 Å². The van der Waals surface area contributed by atoms with Gasteiger partial charge in [-0.25, -0.2) is 4.98 Å². The molecule has 0 radical (unpaired) electrons. The maximum absolute atomic E-state index is 12.7. The van der Waals surface area contributed by atoms with E-state index < -0.39 is 0 Å². The van der Waals surface area contributed by atoms with E-state index in [1.165, 1.54) is 25.9 Å². The summed E-state index contributed by atoms with van der Waals surface area (Å²) in [6.07, 6.45) is 4.36. The first-order valence-corrected chi connectivity index (χ1v) is 9.80. The highest BCUT2D eigenvalue weighted by atomic mass is 32.2. The Morgan fingerprint density at radius 3 is 2.71 bits per heavy atom. The molecule has 1 aromatic rings. The Bertz CT molecular complexity index is 533. The van der Waals surface area contributed by atoms with Crippen molar-refractivity contribution in [2.75, 3.05) is 46.3 Å². The molecule has 0 aliphatic carbocycles. The van der Waals surface area contributed by atoms with Crippen LogP contribution in [0.5, 0.6) is 0 Å². The summed E-state index contributed by atoms with van der Waals surface area (Å²) in [6, 6.07) is 6.50. The number of thioether (sulfide) groups is 1. The molecule has 2 atom stereocenters. The molecule has 0 unspecified atom stereocenters. The van der Waals surface area contributed by atoms with E-state index in [0.717, 1.165) is 31.2 Å². The van der Waals surface area contributed by atoms with Crippen molar-refractivity contribution in [1.82, 2.24) is 19.7 Å². The van der Waals surface area contributed by atoms with Crippen molar-refractivity contribution in [3.63, 3.8) is 0 Å². The number of nitrogens with zero attached hydrogens (tertiary/aromatic N) is 4. The second-order valence-corrected chi connectivity index (χ2v) is 8.21. The van der Waals surface area contributed by atoms with Crippen LogP contribution in [0.4, 0.5) is 0 Å². The van der Waals surface area contributed by atoms with Gasteiger partial charge in [0.25, 0.3) is 0 Å². The van der Waals surface area contributed by atoms with E-state index in [2.05, 4.69) is 21.8 Å². The number of likely N-dealkylation sites (N-methyl/N-ethyl adjacent to an activating group) is 1. The molecule has 2 saturated heterocycles. The second-order valence-electron chi connectivity index (χ2n) is 6.85. The smallest absolute Gasteiger partial charge is 0.235 e. The number of piperidine rings is 1. The summed E-state index contributed by atoms with van der Waals surface area (Å²) in [6.45, 7) is 8.09. The number of aromatic nitrogens is 1. The van der Waals surface area contributed by atoms with Crippen molar-refractivity contribution in [3.8, 4) is 0 Å². The highest BCUT2D eigenvalue weighted by Gasteiger charge is 2.30. The van der Waals surface area contributed by atoms with Gasteiger partial charge in [0, 0.05) is 45.0 Å². The average Bonchev–Trinajstić information content (AvgIpc) is 2.62. The van der Waals surface area contributed by atoms with Crippen molar-refractivity contribution < 1.29 is 4.79 Å². The van der Waals surface area contributed by atoms with Crippen molar-refractivity contribution in [3.05, 3.63) is 24.4 Å². The van der Waals surface area contributed by atoms with Gasteiger partial charge in [-0.1, -0.05) is 17.8 Å². The van der Waals surface area contributed by atoms with Crippen LogP contribution in [0.3, 0.4) is 0 Å². The number of carbonyl (C=O) groups is 1. The first kappa shape index (κ1) is 17.7. The van der Waals surface area contributed by atoms with Gasteiger partial charge in [-0.15, -0.1) is 0 Å². The summed E-state index contributed by atoms with van der Waals surface area (Å²) in [5, 5.41) is 0.842. The zero-order valence-corrected chi connectivity index (χ0v) is 15.5. The molecular weight excluding hydrogens is 320 g/mol. The highest BCUT2D eigenvalue weighted by Crippen LogP contribution is 2.23. The molecule has 5 nitrogen and oxygen atoms in total. The summed E-state index contributed by atoms with van der Waals surface area (Å²) >= 11 is 1.55. The molecule has 0 bridgehead atoms. The lowest BCUT2D eigenvalue weighted by Gasteiger charge is -2.43. The number of pyridine rings is 1. The molecule has 0 saturated carbocycles. The quantitative estimate of drug-likeness (QED) is 0.776. The van der Waals surface area contributed by atoms with Gasteiger partial charge in [-0.3, -0.25) is 9.69 Å². The molecule has 6 heteroatoms. The fourth-order valence-electron chi connectivity index (χ4n) is 3.65. The summed E-state index contributed by atoms with van der Waals surface area (Å²) in [5.41, 5.74) is 0. The van der Waals surface area contributed by atoms with E-state index in [4.69, 9.17) is 0 Å². The topological polar surface area (TPSA) is 39.7 Å². The number of amides is 1. The Hall–Kier alpha value is -1.11. The Morgan fingerprint density at radius 1 is 1.25 bits per heavy atom. The van der Waals surface area contributed by atoms with E-state index in [9.17, 15) is 4.79 Å². The normalized spacial score (nSPS) is 24.8. The largest absolute Gasteiger partial charge is 0.339 e. The third-order valence-electron chi connectivity index (χ3n) is 5.02. The number of likely N-dealkylation sites (tertiary alicyclic amines) is 1. The first-order chi connectivity index (χ1) is 11.6. The van der Waals surface area contributed by atoms with Crippen LogP contribution in [0.25, 0.3) is 0 Å². The molecule has 2 aliphatic heterocycles. The first-order valence-electron chi connectivity index (χ1n) is 8.92. The van der Waals surface area contributed by atoms with Crippen LogP contribution in [0.2, 0.25) is 0 Å². The third-order valence-corrected chi connectivity index (χ3v) is 6.06. The Labute approximate surface area is 149 Å². The molecule has 2 fully saturated rings. The van der Waals surface area contributed by atoms with Gasteiger partial charge in [-0.2, -0.15) is 0 Å². The van der Waals surface area contributed by atoms with E-state index in [-0.39, 0.29) is 11.2 Å². The molecule has 3 heterocycles. The van der Waals surface area contributed by atoms with Crippen molar-refractivity contribution in [2.45, 2.75) is 36.1 Å². The van der Waals surface area contributed by atoms with Gasteiger partial charge in [-0.05, 0) is 45.5 Å². The zero-order valence-electron chi connectivity index (χ0n) is 14.7. The van der Waals surface area contributed by atoms with E-state index in [0.29, 0.717) is 6.04 Å². The van der Waals surface area contributed by atoms with E-state index in [1.807, 2.05) is 30.0 Å². The third kappa shape index (κ3) is 4.49. The molecule has 0 N–H and O–H groups in total. The number of carbonyl (C=O) groups excluding carboxylic acids is 1. The van der Waals surface area contributed by atoms with Crippen molar-refractivity contribution >= 4 is 17.7 Å². The molecular formula is C18H28N4OS. The summed E-state index contributed by atoms with van der Waals surface area (Å²) in [7, 11) is 2.21. The number of hydrogen-bond acceptors (Lipinski definition) is 5. The van der Waals surface area contributed by atoms with Gasteiger partial charge in [0.1, 0.15) is 0 Å². The zero-order chi connectivity index (χ0) is 16.9. The van der Waals surface area contributed by atoms with Gasteiger partial charge in [0.05, 0.1) is 10.3 Å². The fourth-order valence-corrected chi connectivity index (χ4v) is 4.54. The number of rotatable bonds is 4. The monoisotopic (exact) mass is 348 g/mol. The predicted molar refractivity (Wildman–Crippen MR) is 98.2 cm³/mol. The fraction of sp³-hybridized carbons (Fsp3) is 0.667. The molecule has 1 amide bonds. The highest BCUT2D eigenvalue weighted by molar-refractivity contribution is 8.00. The van der Waals surface area contributed by atoms with Gasteiger partial charge >= 0.3 is 0 Å². The minimum Gasteiger partial charge on any atom is -0.339 e. The lowest BCUT2D eigenvalue weighted by atomic mass is 10.0. The molecule has 1 aromatic heterocycles. The minimum atomic E-state index is -0.0766. The summed E-state index contributed by atoms with van der Waals surface area (Å²) in [4.78, 5) is 24.0. The van der Waals surface area contributed by atoms with Crippen LogP contribution in [0, 0.1) is 0 Å². The van der Waals surface area contributed by atoms with Crippen molar-refractivity contribution in [2.24, 2.45) is 0 Å². The van der Waals surface area contributed by atoms with Gasteiger partial charge < -0.3 is 9.80 Å². The summed E-state index contributed by atoms with van der Waals surface area (Å²) < 4.78 is 0. The van der Waals surface area contributed by atoms with Crippen LogP contribution < -0.4 is 0 Å². The molecule has 2 aliphatic rings. The Balaban J connectivity index is 1.48. The minimum absolute atomic E-state index is 0.0766. The molecule has 24 heavy (non-hydrogen) atoms. The summed E-state index contributed by atoms with van der Waals surface area (Å²) in [5.74, 6) is 0.242. The lowest BCUT2D eigenvalue weighted by Crippen LogP contribution is -2.56. The molecule has 132 valence electrons. The molecule has 0 spiro atoms. The van der Waals surface area contributed by atoms with Crippen molar-refractivity contribution in [1.29, 1.82) is 0 Å². The maximum atomic E-state index is 12.7.